The van der Waals surface area contributed by atoms with Gasteiger partial charge >= 0.3 is 11.9 Å². The molecule has 15 heteroatoms. The van der Waals surface area contributed by atoms with Gasteiger partial charge in [0, 0.05) is 52.0 Å². The van der Waals surface area contributed by atoms with Crippen LogP contribution in [0.15, 0.2) is 53.6 Å². The van der Waals surface area contributed by atoms with Gasteiger partial charge in [0.2, 0.25) is 5.79 Å². The molecule has 4 aliphatic rings. The SMILES string of the molecule is CO[C@H]1C[C@@H](C)[C@@]2(O)OC1[C@H](OC)C[C@H](C)C/C(C)=C\[C@H](C/C=C/c1ccc(C(=O)O)cc1)C(=O)C[C@H](O)[C@@H](C)[C@@H](/C(C)=C/C1CC[C@@H](O)[C@H](OC)C1)OC(=O)[C@@H]1CCCCN1C(=O)C2=O. The van der Waals surface area contributed by atoms with Gasteiger partial charge in [-0.05, 0) is 113 Å². The number of nitrogens with zero attached hydrogens (tertiary/aromatic N) is 1. The maximum absolute atomic E-state index is 14.5. The molecular weight excluding hydrogens is 851 g/mol. The third-order valence-corrected chi connectivity index (χ3v) is 14.3. The van der Waals surface area contributed by atoms with E-state index in [1.54, 1.807) is 40.0 Å². The molecule has 3 fully saturated rings. The molecule has 2 unspecified atom stereocenters. The number of aliphatic hydroxyl groups excluding tert-OH is 2. The minimum Gasteiger partial charge on any atom is -0.478 e. The van der Waals surface area contributed by atoms with Gasteiger partial charge < -0.3 is 49.0 Å². The van der Waals surface area contributed by atoms with Crippen LogP contribution in [0.3, 0.4) is 0 Å². The Balaban J connectivity index is 1.55. The predicted octanol–water partition coefficient (Wildman–Crippen LogP) is 5.86. The van der Waals surface area contributed by atoms with E-state index >= 15 is 0 Å². The number of carbonyl (C=O) groups is 5. The van der Waals surface area contributed by atoms with Crippen LogP contribution in [0.1, 0.15) is 121 Å². The van der Waals surface area contributed by atoms with Gasteiger partial charge in [-0.2, -0.15) is 0 Å². The molecule has 5 rings (SSSR count). The average Bonchev–Trinajstić information content (AvgIpc) is 3.29. The van der Waals surface area contributed by atoms with E-state index in [2.05, 4.69) is 0 Å². The van der Waals surface area contributed by atoms with Crippen molar-refractivity contribution in [1.29, 1.82) is 0 Å². The lowest BCUT2D eigenvalue weighted by Crippen LogP contribution is -2.64. The molecule has 3 heterocycles. The fourth-order valence-corrected chi connectivity index (χ4v) is 10.3. The molecule has 0 aromatic heterocycles. The smallest absolute Gasteiger partial charge is 0.335 e. The number of hydrogen-bond acceptors (Lipinski definition) is 13. The monoisotopic (exact) mass is 924 g/mol. The number of fused-ring (bicyclic) bond motifs is 3. The number of cyclic esters (lactones) is 1. The van der Waals surface area contributed by atoms with Gasteiger partial charge in [0.25, 0.3) is 11.7 Å². The molecule has 4 N–H and O–H groups in total. The lowest BCUT2D eigenvalue weighted by atomic mass is 9.81. The van der Waals surface area contributed by atoms with Gasteiger partial charge in [0.1, 0.15) is 24.0 Å². The summed E-state index contributed by atoms with van der Waals surface area (Å²) >= 11 is 0. The van der Waals surface area contributed by atoms with E-state index in [0.717, 1.165) is 16.0 Å². The number of esters is 1. The fraction of sp³-hybridized carbons (Fsp3) is 0.667. The number of aromatic carboxylic acids is 1. The van der Waals surface area contributed by atoms with Gasteiger partial charge in [-0.25, -0.2) is 9.59 Å². The number of amides is 1. The summed E-state index contributed by atoms with van der Waals surface area (Å²) in [7, 11) is 4.57. The fourth-order valence-electron chi connectivity index (χ4n) is 10.3. The van der Waals surface area contributed by atoms with Crippen LogP contribution >= 0.6 is 0 Å². The second kappa shape index (κ2) is 23.8. The zero-order valence-electron chi connectivity index (χ0n) is 39.9. The first-order valence-corrected chi connectivity index (χ1v) is 23.6. The van der Waals surface area contributed by atoms with Crippen molar-refractivity contribution in [1.82, 2.24) is 4.90 Å². The van der Waals surface area contributed by atoms with Crippen LogP contribution in [0.2, 0.25) is 0 Å². The summed E-state index contributed by atoms with van der Waals surface area (Å²) in [4.78, 5) is 70.2. The molecule has 66 heavy (non-hydrogen) atoms. The number of piperidine rings is 1. The van der Waals surface area contributed by atoms with E-state index in [1.807, 2.05) is 38.2 Å². The number of carboxylic acids is 1. The molecule has 2 saturated heterocycles. The largest absolute Gasteiger partial charge is 0.478 e. The molecule has 1 aromatic rings. The number of benzene rings is 1. The van der Waals surface area contributed by atoms with Crippen molar-refractivity contribution in [3.8, 4) is 0 Å². The lowest BCUT2D eigenvalue weighted by molar-refractivity contribution is -0.302. The molecule has 1 aliphatic carbocycles. The summed E-state index contributed by atoms with van der Waals surface area (Å²) in [5, 5.41) is 43.9. The number of carbonyl (C=O) groups excluding carboxylic acids is 4. The first kappa shape index (κ1) is 52.9. The number of rotatable bonds is 9. The summed E-state index contributed by atoms with van der Waals surface area (Å²) in [6.45, 7) is 9.13. The van der Waals surface area contributed by atoms with E-state index in [1.165, 1.54) is 26.4 Å². The zero-order valence-corrected chi connectivity index (χ0v) is 39.9. The van der Waals surface area contributed by atoms with Gasteiger partial charge in [0.05, 0.1) is 36.1 Å². The maximum atomic E-state index is 14.5. The van der Waals surface area contributed by atoms with Crippen molar-refractivity contribution >= 4 is 35.5 Å². The number of carboxylic acid groups (broad SMARTS) is 1. The molecule has 0 radical (unpaired) electrons. The summed E-state index contributed by atoms with van der Waals surface area (Å²) in [6.07, 6.45) is 6.02. The Kier molecular flexibility index (Phi) is 19.0. The molecule has 1 aromatic carbocycles. The predicted molar refractivity (Wildman–Crippen MR) is 245 cm³/mol. The van der Waals surface area contributed by atoms with Crippen LogP contribution in [0, 0.1) is 29.6 Å². The second-order valence-electron chi connectivity index (χ2n) is 19.3. The average molecular weight is 924 g/mol. The molecule has 15 nitrogen and oxygen atoms in total. The number of allylic oxidation sites excluding steroid dienone is 4. The number of Topliss-reactive ketones (excluding diaryl/α,β-unsaturated/α-hetero) is 2. The van der Waals surface area contributed by atoms with E-state index in [4.69, 9.17) is 23.7 Å². The summed E-state index contributed by atoms with van der Waals surface area (Å²) in [5.41, 5.74) is 2.42. The van der Waals surface area contributed by atoms with E-state index in [9.17, 15) is 44.4 Å². The Morgan fingerprint density at radius 2 is 1.55 bits per heavy atom. The Bertz CT molecular complexity index is 1940. The van der Waals surface area contributed by atoms with Crippen molar-refractivity contribution in [2.24, 2.45) is 29.6 Å². The van der Waals surface area contributed by atoms with Crippen LogP contribution in [0.5, 0.6) is 0 Å². The minimum atomic E-state index is -2.55. The van der Waals surface area contributed by atoms with Crippen molar-refractivity contribution < 1.29 is 68.1 Å². The van der Waals surface area contributed by atoms with E-state index in [0.29, 0.717) is 50.5 Å². The van der Waals surface area contributed by atoms with E-state index < -0.39 is 95.9 Å². The van der Waals surface area contributed by atoms with Crippen molar-refractivity contribution in [3.05, 3.63) is 64.8 Å². The molecule has 0 spiro atoms. The van der Waals surface area contributed by atoms with Crippen LogP contribution in [0.25, 0.3) is 6.08 Å². The van der Waals surface area contributed by atoms with Crippen LogP contribution in [-0.2, 0) is 42.9 Å². The number of aliphatic hydroxyl groups is 3. The third kappa shape index (κ3) is 12.9. The Labute approximate surface area is 389 Å². The van der Waals surface area contributed by atoms with Gasteiger partial charge in [-0.3, -0.25) is 14.4 Å². The molecular formula is C51H73NO14. The molecule has 14 atom stereocenters. The standard InChI is InChI=1S/C51H73NO14/c1-29-22-30(2)24-43(63-7)46-44(64-8)26-32(4)51(61,66-46)47(56)48(57)52-21-10-9-14-38(52)50(60)65-45(31(3)25-35-17-20-39(53)42(27-35)62-6)33(5)40(54)28-41(55)37(23-29)13-11-12-34-15-18-36(19-16-34)49(58)59/h11-12,15-16,18-19,23,25,30,32-33,35,37-40,42-46,53-54,61H,9-10,13-14,17,20-22,24,26-28H2,1-8H3,(H,58,59)/b12-11+,29-23-,31-25+/t30-,32-,33-,35?,37+,38+,39-,40+,42-,43-,44+,45-,46?,51-/m1/s1. The molecule has 366 valence electrons. The quantitative estimate of drug-likeness (QED) is 0.130. The highest BCUT2D eigenvalue weighted by Crippen LogP contribution is 2.39. The summed E-state index contributed by atoms with van der Waals surface area (Å²) in [6, 6.07) is 5.20. The number of ketones is 2. The number of ether oxygens (including phenoxy) is 5. The summed E-state index contributed by atoms with van der Waals surface area (Å²) < 4.78 is 30.0. The Morgan fingerprint density at radius 3 is 2.20 bits per heavy atom. The number of methoxy groups -OCH3 is 3. The first-order valence-electron chi connectivity index (χ1n) is 23.6. The molecule has 1 amide bonds. The van der Waals surface area contributed by atoms with Crippen LogP contribution in [0.4, 0.5) is 0 Å². The first-order chi connectivity index (χ1) is 31.3. The normalized spacial score (nSPS) is 37.1. The highest BCUT2D eigenvalue weighted by Gasteiger charge is 2.56. The zero-order chi connectivity index (χ0) is 48.5. The van der Waals surface area contributed by atoms with Gasteiger partial charge in [0.15, 0.2) is 0 Å². The highest BCUT2D eigenvalue weighted by molar-refractivity contribution is 6.39. The van der Waals surface area contributed by atoms with Gasteiger partial charge in [-0.15, -0.1) is 0 Å². The Morgan fingerprint density at radius 1 is 0.879 bits per heavy atom. The molecule has 2 bridgehead atoms. The second-order valence-corrected chi connectivity index (χ2v) is 19.3. The minimum absolute atomic E-state index is 0.0528. The molecule has 1 saturated carbocycles. The lowest BCUT2D eigenvalue weighted by Gasteiger charge is -2.47. The van der Waals surface area contributed by atoms with Gasteiger partial charge in [-0.1, -0.05) is 62.8 Å². The Hall–Kier alpha value is -4.09. The highest BCUT2D eigenvalue weighted by atomic mass is 16.7. The third-order valence-electron chi connectivity index (χ3n) is 14.3. The maximum Gasteiger partial charge on any atom is 0.335 e. The van der Waals surface area contributed by atoms with Crippen LogP contribution in [-0.4, -0.2) is 137 Å². The van der Waals surface area contributed by atoms with Crippen molar-refractivity contribution in [3.63, 3.8) is 0 Å². The van der Waals surface area contributed by atoms with Crippen molar-refractivity contribution in [2.75, 3.05) is 27.9 Å². The summed E-state index contributed by atoms with van der Waals surface area (Å²) in [5.74, 6) is -9.32. The van der Waals surface area contributed by atoms with Crippen LogP contribution < -0.4 is 0 Å². The molecule has 3 aliphatic heterocycles. The topological polar surface area (TPSA) is 216 Å². The van der Waals surface area contributed by atoms with Crippen molar-refractivity contribution in [2.45, 2.75) is 160 Å². The number of hydrogen-bond donors (Lipinski definition) is 4. The van der Waals surface area contributed by atoms with E-state index in [-0.39, 0.29) is 55.4 Å².